The summed E-state index contributed by atoms with van der Waals surface area (Å²) in [6.45, 7) is 7.05. The summed E-state index contributed by atoms with van der Waals surface area (Å²) in [6, 6.07) is 10.8. The number of fused-ring (bicyclic) bond motifs is 3. The second-order valence-corrected chi connectivity index (χ2v) is 8.37. The fraction of sp³-hybridized carbons (Fsp3) is 0.320. The van der Waals surface area contributed by atoms with Gasteiger partial charge in [-0.05, 0) is 43.2 Å². The van der Waals surface area contributed by atoms with Crippen LogP contribution in [-0.4, -0.2) is 59.9 Å². The number of nitrogens with one attached hydrogen (secondary N) is 3. The molecule has 0 unspecified atom stereocenters. The van der Waals surface area contributed by atoms with Crippen LogP contribution in [-0.2, 0) is 4.74 Å². The third-order valence-corrected chi connectivity index (χ3v) is 6.00. The first-order valence-electron chi connectivity index (χ1n) is 11.5. The molecule has 2 amide bonds. The van der Waals surface area contributed by atoms with Crippen molar-refractivity contribution in [3.63, 3.8) is 0 Å². The molecule has 5 rings (SSSR count). The first kappa shape index (κ1) is 22.1. The largest absolute Gasteiger partial charge is 0.494 e. The summed E-state index contributed by atoms with van der Waals surface area (Å²) in [4.78, 5) is 26.2. The van der Waals surface area contributed by atoms with Gasteiger partial charge in [-0.3, -0.25) is 15.3 Å². The predicted octanol–water partition coefficient (Wildman–Crippen LogP) is 3.75. The van der Waals surface area contributed by atoms with E-state index in [0.29, 0.717) is 66.7 Å². The molecule has 2 heterocycles. The van der Waals surface area contributed by atoms with E-state index in [9.17, 15) is 9.59 Å². The summed E-state index contributed by atoms with van der Waals surface area (Å²) in [5.74, 6) is 0.633. The van der Waals surface area contributed by atoms with Crippen LogP contribution in [0.2, 0.25) is 0 Å². The van der Waals surface area contributed by atoms with Gasteiger partial charge in [0.25, 0.3) is 0 Å². The lowest BCUT2D eigenvalue weighted by Crippen LogP contribution is -2.49. The Kier molecular flexibility index (Phi) is 6.04. The molecular weight excluding hydrogens is 434 g/mol. The number of hydrazine groups is 1. The molecule has 176 valence electrons. The van der Waals surface area contributed by atoms with Gasteiger partial charge in [0, 0.05) is 24.2 Å². The summed E-state index contributed by atoms with van der Waals surface area (Å²) in [5.41, 5.74) is 8.06. The van der Waals surface area contributed by atoms with Gasteiger partial charge >= 0.3 is 6.03 Å². The lowest BCUT2D eigenvalue weighted by atomic mass is 10.00. The topological polar surface area (TPSA) is 109 Å². The number of hydrogen-bond acceptors (Lipinski definition) is 6. The summed E-state index contributed by atoms with van der Waals surface area (Å²) in [5, 5.41) is 12.1. The highest BCUT2D eigenvalue weighted by atomic mass is 16.5. The molecule has 2 aliphatic rings. The van der Waals surface area contributed by atoms with E-state index in [4.69, 9.17) is 9.47 Å². The van der Waals surface area contributed by atoms with Crippen LogP contribution < -0.4 is 15.5 Å². The molecule has 0 saturated carbocycles. The Morgan fingerprint density at radius 2 is 2.00 bits per heavy atom. The fourth-order valence-electron chi connectivity index (χ4n) is 4.37. The molecule has 0 spiro atoms. The van der Waals surface area contributed by atoms with Gasteiger partial charge < -0.3 is 14.8 Å². The van der Waals surface area contributed by atoms with E-state index in [-0.39, 0.29) is 5.78 Å². The normalized spacial score (nSPS) is 15.1. The van der Waals surface area contributed by atoms with Gasteiger partial charge in [-0.2, -0.15) is 5.10 Å². The van der Waals surface area contributed by atoms with Crippen LogP contribution >= 0.6 is 0 Å². The van der Waals surface area contributed by atoms with Crippen molar-refractivity contribution in [3.05, 3.63) is 53.1 Å². The first-order valence-corrected chi connectivity index (χ1v) is 11.5. The zero-order chi connectivity index (χ0) is 23.7. The number of ketones is 1. The van der Waals surface area contributed by atoms with Crippen molar-refractivity contribution >= 4 is 17.5 Å². The molecule has 2 aromatic carbocycles. The maximum Gasteiger partial charge on any atom is 0.333 e. The number of urea groups is 1. The lowest BCUT2D eigenvalue weighted by molar-refractivity contribution is 0.0207. The summed E-state index contributed by atoms with van der Waals surface area (Å²) in [6.07, 6.45) is 0.933. The highest BCUT2D eigenvalue weighted by Gasteiger charge is 2.35. The molecule has 3 N–H and O–H groups in total. The standard InChI is InChI=1S/C25H27N5O4/c1-3-11-34-16-7-8-17(15(2)14-16)22-21-23(28-27-22)18-5-4-6-19(20(18)24(21)31)26-25(32)29-30-9-12-33-13-10-30/h4-8,14H,3,9-13H2,1-2H3,(H,27,28)(H2,26,29,32). The van der Waals surface area contributed by atoms with Crippen LogP contribution in [0.1, 0.15) is 34.8 Å². The molecule has 3 aromatic rings. The van der Waals surface area contributed by atoms with E-state index >= 15 is 0 Å². The number of morpholine rings is 1. The Balaban J connectivity index is 1.42. The van der Waals surface area contributed by atoms with Crippen LogP contribution in [0.25, 0.3) is 22.5 Å². The zero-order valence-electron chi connectivity index (χ0n) is 19.2. The minimum atomic E-state index is -0.395. The first-order chi connectivity index (χ1) is 16.6. The second-order valence-electron chi connectivity index (χ2n) is 8.37. The number of aromatic nitrogens is 2. The smallest absolute Gasteiger partial charge is 0.333 e. The number of amides is 2. The minimum Gasteiger partial charge on any atom is -0.494 e. The van der Waals surface area contributed by atoms with Crippen LogP contribution in [0.4, 0.5) is 10.5 Å². The Hall–Kier alpha value is -3.69. The molecule has 9 nitrogen and oxygen atoms in total. The number of aryl methyl sites for hydroxylation is 1. The van der Waals surface area contributed by atoms with Crippen LogP contribution in [0.5, 0.6) is 5.75 Å². The number of benzene rings is 2. The molecule has 0 atom stereocenters. The minimum absolute atomic E-state index is 0.165. The summed E-state index contributed by atoms with van der Waals surface area (Å²) < 4.78 is 11.0. The summed E-state index contributed by atoms with van der Waals surface area (Å²) >= 11 is 0. The fourth-order valence-corrected chi connectivity index (χ4v) is 4.37. The van der Waals surface area contributed by atoms with Crippen molar-refractivity contribution in [2.24, 2.45) is 0 Å². The molecule has 0 bridgehead atoms. The number of rotatable bonds is 6. The van der Waals surface area contributed by atoms with Crippen LogP contribution in [0.3, 0.4) is 0 Å². The average Bonchev–Trinajstić information content (AvgIpc) is 3.39. The molecule has 1 aromatic heterocycles. The van der Waals surface area contributed by atoms with E-state index in [1.165, 1.54) is 0 Å². The van der Waals surface area contributed by atoms with E-state index < -0.39 is 6.03 Å². The van der Waals surface area contributed by atoms with Gasteiger partial charge in [0.05, 0.1) is 42.3 Å². The molecular formula is C25H27N5O4. The molecule has 9 heteroatoms. The average molecular weight is 462 g/mol. The predicted molar refractivity (Wildman–Crippen MR) is 128 cm³/mol. The molecule has 1 aliphatic carbocycles. The van der Waals surface area contributed by atoms with E-state index in [0.717, 1.165) is 23.3 Å². The number of hydrogen-bond donors (Lipinski definition) is 3. The number of carbonyl (C=O) groups excluding carboxylic acids is 2. The number of ether oxygens (including phenoxy) is 2. The Labute approximate surface area is 197 Å². The summed E-state index contributed by atoms with van der Waals surface area (Å²) in [7, 11) is 0. The molecule has 1 saturated heterocycles. The van der Waals surface area contributed by atoms with E-state index in [1.54, 1.807) is 11.1 Å². The van der Waals surface area contributed by atoms with Gasteiger partial charge in [-0.15, -0.1) is 0 Å². The maximum atomic E-state index is 13.6. The number of nitrogens with zero attached hydrogens (tertiary/aromatic N) is 2. The van der Waals surface area contributed by atoms with Crippen molar-refractivity contribution < 1.29 is 19.1 Å². The molecule has 1 fully saturated rings. The Bertz CT molecular complexity index is 1250. The van der Waals surface area contributed by atoms with Crippen LogP contribution in [0, 0.1) is 6.92 Å². The van der Waals surface area contributed by atoms with Gasteiger partial charge in [-0.25, -0.2) is 9.80 Å². The van der Waals surface area contributed by atoms with E-state index in [2.05, 4.69) is 27.9 Å². The number of carbonyl (C=O) groups is 2. The van der Waals surface area contributed by atoms with E-state index in [1.807, 2.05) is 37.3 Å². The lowest BCUT2D eigenvalue weighted by Gasteiger charge is -2.27. The van der Waals surface area contributed by atoms with Crippen molar-refractivity contribution in [1.82, 2.24) is 20.6 Å². The second kappa shape index (κ2) is 9.28. The maximum absolute atomic E-state index is 13.6. The van der Waals surface area contributed by atoms with Gasteiger partial charge in [0.1, 0.15) is 11.4 Å². The highest BCUT2D eigenvalue weighted by molar-refractivity contribution is 6.27. The number of anilines is 1. The van der Waals surface area contributed by atoms with Crippen molar-refractivity contribution in [2.75, 3.05) is 38.2 Å². The molecule has 34 heavy (non-hydrogen) atoms. The Morgan fingerprint density at radius 3 is 2.76 bits per heavy atom. The molecule has 0 radical (unpaired) electrons. The number of H-pyrrole nitrogens is 1. The third kappa shape index (κ3) is 4.04. The number of aromatic amines is 1. The van der Waals surface area contributed by atoms with Gasteiger partial charge in [-0.1, -0.05) is 19.1 Å². The zero-order valence-corrected chi connectivity index (χ0v) is 19.2. The third-order valence-electron chi connectivity index (χ3n) is 6.00. The van der Waals surface area contributed by atoms with Crippen molar-refractivity contribution in [1.29, 1.82) is 0 Å². The monoisotopic (exact) mass is 461 g/mol. The van der Waals surface area contributed by atoms with Crippen LogP contribution in [0.15, 0.2) is 36.4 Å². The molecule has 1 aliphatic heterocycles. The van der Waals surface area contributed by atoms with Gasteiger partial charge in [0.15, 0.2) is 5.78 Å². The Morgan fingerprint density at radius 1 is 1.18 bits per heavy atom. The SMILES string of the molecule is CCCOc1ccc(-c2[nH]nc3c2C(=O)c2c(NC(=O)NN4CCOCC4)cccc2-3)c(C)c1. The van der Waals surface area contributed by atoms with Crippen molar-refractivity contribution in [2.45, 2.75) is 20.3 Å². The van der Waals surface area contributed by atoms with Crippen molar-refractivity contribution in [3.8, 4) is 28.3 Å². The van der Waals surface area contributed by atoms with Gasteiger partial charge in [0.2, 0.25) is 0 Å². The highest BCUT2D eigenvalue weighted by Crippen LogP contribution is 2.43. The quantitative estimate of drug-likeness (QED) is 0.404.